The number of unbranched alkanes of at least 4 members (excludes halogenated alkanes) is 8. The number of hydrogen-bond donors (Lipinski definition) is 0. The van der Waals surface area contributed by atoms with Crippen molar-refractivity contribution < 1.29 is 13.5 Å². The molecular weight excluding hydrogens is 442 g/mol. The molecule has 1 aromatic heterocycles. The lowest BCUT2D eigenvalue weighted by molar-refractivity contribution is 0.177. The van der Waals surface area contributed by atoms with E-state index < -0.39 is 12.3 Å². The van der Waals surface area contributed by atoms with Gasteiger partial charge in [-0.1, -0.05) is 95.9 Å². The maximum absolute atomic E-state index is 14.0. The summed E-state index contributed by atoms with van der Waals surface area (Å²) in [5.74, 6) is 1.08. The molecule has 0 saturated carbocycles. The first-order valence-electron chi connectivity index (χ1n) is 13.9. The van der Waals surface area contributed by atoms with Gasteiger partial charge in [-0.25, -0.2) is 18.7 Å². The number of aromatic nitrogens is 2. The van der Waals surface area contributed by atoms with Crippen LogP contribution in [0.2, 0.25) is 0 Å². The van der Waals surface area contributed by atoms with E-state index in [1.54, 1.807) is 12.4 Å². The summed E-state index contributed by atoms with van der Waals surface area (Å²) in [5.41, 5.74) is 2.31. The Bertz CT molecular complexity index is 767. The van der Waals surface area contributed by atoms with E-state index in [1.807, 2.05) is 6.92 Å². The molecule has 2 aromatic rings. The highest BCUT2D eigenvalue weighted by atomic mass is 19.1. The molecule has 0 saturated heterocycles. The molecule has 2 rings (SSSR count). The van der Waals surface area contributed by atoms with Crippen LogP contribution in [-0.2, 0) is 6.42 Å². The Morgan fingerprint density at radius 2 is 1.29 bits per heavy atom. The van der Waals surface area contributed by atoms with Crippen molar-refractivity contribution in [2.24, 2.45) is 0 Å². The van der Waals surface area contributed by atoms with Crippen LogP contribution in [0, 0.1) is 0 Å². The second-order valence-corrected chi connectivity index (χ2v) is 9.74. The molecule has 1 aromatic carbocycles. The average molecular weight is 489 g/mol. The van der Waals surface area contributed by atoms with Crippen LogP contribution in [0.15, 0.2) is 36.7 Å². The van der Waals surface area contributed by atoms with Gasteiger partial charge in [0.1, 0.15) is 19.0 Å². The minimum absolute atomic E-state index is 0.0546. The average Bonchev–Trinajstić information content (AvgIpc) is 2.87. The summed E-state index contributed by atoms with van der Waals surface area (Å²) >= 11 is 0. The van der Waals surface area contributed by atoms with Crippen molar-refractivity contribution in [3.05, 3.63) is 42.2 Å². The molecule has 35 heavy (non-hydrogen) atoms. The van der Waals surface area contributed by atoms with Crippen LogP contribution in [0.3, 0.4) is 0 Å². The maximum atomic E-state index is 14.0. The second-order valence-electron chi connectivity index (χ2n) is 9.74. The molecule has 2 unspecified atom stereocenters. The van der Waals surface area contributed by atoms with Gasteiger partial charge in [-0.15, -0.1) is 0 Å². The zero-order valence-electron chi connectivity index (χ0n) is 22.0. The van der Waals surface area contributed by atoms with Gasteiger partial charge in [-0.2, -0.15) is 0 Å². The molecule has 0 spiro atoms. The molecular formula is C30H46F2N2O. The number of rotatable bonds is 20. The lowest BCUT2D eigenvalue weighted by Crippen LogP contribution is -2.14. The fourth-order valence-electron chi connectivity index (χ4n) is 4.29. The van der Waals surface area contributed by atoms with Gasteiger partial charge in [-0.05, 0) is 44.1 Å². The summed E-state index contributed by atoms with van der Waals surface area (Å²) < 4.78 is 33.0. The quantitative estimate of drug-likeness (QED) is 0.174. The van der Waals surface area contributed by atoms with E-state index in [0.29, 0.717) is 37.3 Å². The van der Waals surface area contributed by atoms with Crippen LogP contribution in [0.5, 0.6) is 5.75 Å². The second kappa shape index (κ2) is 18.3. The summed E-state index contributed by atoms with van der Waals surface area (Å²) in [6.07, 6.45) is 17.1. The van der Waals surface area contributed by atoms with Crippen molar-refractivity contribution in [1.82, 2.24) is 9.97 Å². The zero-order valence-corrected chi connectivity index (χ0v) is 22.0. The lowest BCUT2D eigenvalue weighted by Gasteiger charge is -2.11. The topological polar surface area (TPSA) is 35.0 Å². The predicted octanol–water partition coefficient (Wildman–Crippen LogP) is 9.24. The predicted molar refractivity (Wildman–Crippen MR) is 142 cm³/mol. The Morgan fingerprint density at radius 1 is 0.686 bits per heavy atom. The van der Waals surface area contributed by atoms with Crippen molar-refractivity contribution in [3.63, 3.8) is 0 Å². The highest BCUT2D eigenvalue weighted by Crippen LogP contribution is 2.20. The highest BCUT2D eigenvalue weighted by Gasteiger charge is 2.11. The van der Waals surface area contributed by atoms with Gasteiger partial charge in [0, 0.05) is 5.56 Å². The van der Waals surface area contributed by atoms with Crippen LogP contribution in [-0.4, -0.2) is 28.9 Å². The standard InChI is InChI=1S/C30H46F2N2O/c1-3-5-6-7-8-9-10-11-12-15-25-18-20-26(21-19-25)30-33-22-29(23-34-30)35-24-28(32)17-13-16-27(31)14-4-2/h18-23,27-28H,3-17,24H2,1-2H3. The van der Waals surface area contributed by atoms with Crippen LogP contribution in [0.4, 0.5) is 8.78 Å². The summed E-state index contributed by atoms with van der Waals surface area (Å²) in [6, 6.07) is 8.44. The Hall–Kier alpha value is -2.04. The normalized spacial score (nSPS) is 13.0. The number of benzene rings is 1. The van der Waals surface area contributed by atoms with Gasteiger partial charge in [0.2, 0.25) is 0 Å². The Labute approximate surface area is 212 Å². The van der Waals surface area contributed by atoms with Crippen molar-refractivity contribution in [2.45, 2.75) is 123 Å². The molecule has 0 amide bonds. The summed E-state index contributed by atoms with van der Waals surface area (Å²) in [6.45, 7) is 4.17. The molecule has 0 aliphatic heterocycles. The largest absolute Gasteiger partial charge is 0.487 e. The maximum Gasteiger partial charge on any atom is 0.159 e. The smallest absolute Gasteiger partial charge is 0.159 e. The monoisotopic (exact) mass is 488 g/mol. The van der Waals surface area contributed by atoms with Crippen LogP contribution in [0.1, 0.15) is 109 Å². The van der Waals surface area contributed by atoms with Crippen molar-refractivity contribution in [1.29, 1.82) is 0 Å². The van der Waals surface area contributed by atoms with Crippen molar-refractivity contribution in [2.75, 3.05) is 6.61 Å². The molecule has 0 aliphatic rings. The molecule has 3 nitrogen and oxygen atoms in total. The number of nitrogens with zero attached hydrogens (tertiary/aromatic N) is 2. The molecule has 0 aliphatic carbocycles. The van der Waals surface area contributed by atoms with Crippen molar-refractivity contribution >= 4 is 0 Å². The van der Waals surface area contributed by atoms with Gasteiger partial charge < -0.3 is 4.74 Å². The van der Waals surface area contributed by atoms with Gasteiger partial charge >= 0.3 is 0 Å². The first kappa shape index (κ1) is 29.2. The minimum atomic E-state index is -1.11. The van der Waals surface area contributed by atoms with Crippen LogP contribution in [0.25, 0.3) is 11.4 Å². The summed E-state index contributed by atoms with van der Waals surface area (Å²) in [4.78, 5) is 8.75. The van der Waals surface area contributed by atoms with E-state index in [2.05, 4.69) is 41.2 Å². The fraction of sp³-hybridized carbons (Fsp3) is 0.667. The third-order valence-corrected chi connectivity index (χ3v) is 6.48. The minimum Gasteiger partial charge on any atom is -0.487 e. The van der Waals surface area contributed by atoms with E-state index in [1.165, 1.54) is 63.4 Å². The third kappa shape index (κ3) is 13.0. The van der Waals surface area contributed by atoms with Gasteiger partial charge in [0.15, 0.2) is 11.6 Å². The molecule has 2 atom stereocenters. The summed E-state index contributed by atoms with van der Waals surface area (Å²) in [7, 11) is 0. The molecule has 1 heterocycles. The van der Waals surface area contributed by atoms with Gasteiger partial charge in [0.05, 0.1) is 12.4 Å². The SMILES string of the molecule is CCCCCCCCCCCc1ccc(-c2ncc(OCC(F)CCCC(F)CCC)cn2)cc1. The molecule has 196 valence electrons. The number of ether oxygens (including phenoxy) is 1. The van der Waals surface area contributed by atoms with E-state index >= 15 is 0 Å². The van der Waals surface area contributed by atoms with Gasteiger partial charge in [-0.3, -0.25) is 0 Å². The van der Waals surface area contributed by atoms with E-state index in [0.717, 1.165) is 18.4 Å². The number of aryl methyl sites for hydroxylation is 1. The van der Waals surface area contributed by atoms with Crippen molar-refractivity contribution in [3.8, 4) is 17.1 Å². The van der Waals surface area contributed by atoms with E-state index in [4.69, 9.17) is 4.74 Å². The molecule has 5 heteroatoms. The first-order chi connectivity index (χ1) is 17.1. The zero-order chi connectivity index (χ0) is 25.1. The van der Waals surface area contributed by atoms with Crippen LogP contribution >= 0.6 is 0 Å². The van der Waals surface area contributed by atoms with Crippen LogP contribution < -0.4 is 4.74 Å². The fourth-order valence-corrected chi connectivity index (χ4v) is 4.29. The number of alkyl halides is 2. The summed E-state index contributed by atoms with van der Waals surface area (Å²) in [5, 5.41) is 0. The molecule has 0 N–H and O–H groups in total. The van der Waals surface area contributed by atoms with E-state index in [9.17, 15) is 8.78 Å². The highest BCUT2D eigenvalue weighted by molar-refractivity contribution is 5.55. The molecule has 0 fully saturated rings. The van der Waals surface area contributed by atoms with E-state index in [-0.39, 0.29) is 6.61 Å². The Kier molecular flexibility index (Phi) is 15.2. The molecule has 0 bridgehead atoms. The number of hydrogen-bond acceptors (Lipinski definition) is 3. The molecule has 0 radical (unpaired) electrons. The Balaban J connectivity index is 1.63. The third-order valence-electron chi connectivity index (χ3n) is 6.48. The number of halogens is 2. The Morgan fingerprint density at radius 3 is 1.91 bits per heavy atom. The lowest BCUT2D eigenvalue weighted by atomic mass is 10.0. The first-order valence-corrected chi connectivity index (χ1v) is 13.9. The van der Waals surface area contributed by atoms with Gasteiger partial charge in [0.25, 0.3) is 0 Å².